The lowest BCUT2D eigenvalue weighted by molar-refractivity contribution is 0.128. The van der Waals surface area contributed by atoms with Gasteiger partial charge in [0, 0.05) is 24.0 Å². The fraction of sp³-hybridized carbons (Fsp3) is 0.812. The van der Waals surface area contributed by atoms with E-state index < -0.39 is 0 Å². The largest absolute Gasteiger partial charge is 0.338 e. The Kier molecular flexibility index (Phi) is 4.29. The Balaban J connectivity index is 1.79. The van der Waals surface area contributed by atoms with E-state index in [0.29, 0.717) is 6.04 Å². The number of piperidine rings is 1. The average molecular weight is 277 g/mol. The summed E-state index contributed by atoms with van der Waals surface area (Å²) in [6, 6.07) is 0.673. The van der Waals surface area contributed by atoms with Crippen molar-refractivity contribution in [1.82, 2.24) is 16.0 Å². The van der Waals surface area contributed by atoms with Gasteiger partial charge in [0.1, 0.15) is 0 Å². The number of carbonyl (C=O) groups is 1. The first-order valence-corrected chi connectivity index (χ1v) is 8.26. The highest BCUT2D eigenvalue weighted by Crippen LogP contribution is 2.42. The molecule has 4 heteroatoms. The first kappa shape index (κ1) is 13.9. The van der Waals surface area contributed by atoms with Crippen molar-refractivity contribution in [2.24, 2.45) is 5.41 Å². The second kappa shape index (κ2) is 6.17. The summed E-state index contributed by atoms with van der Waals surface area (Å²) in [5.41, 5.74) is 0.271. The van der Waals surface area contributed by atoms with Crippen LogP contribution >= 0.6 is 0 Å². The molecule has 3 N–H and O–H groups in total. The van der Waals surface area contributed by atoms with E-state index in [4.69, 9.17) is 0 Å². The van der Waals surface area contributed by atoms with Gasteiger partial charge in [-0.2, -0.15) is 0 Å². The Labute approximate surface area is 121 Å². The molecule has 112 valence electrons. The van der Waals surface area contributed by atoms with Gasteiger partial charge in [-0.25, -0.2) is 4.79 Å². The monoisotopic (exact) mass is 277 g/mol. The van der Waals surface area contributed by atoms with E-state index in [2.05, 4.69) is 28.1 Å². The van der Waals surface area contributed by atoms with Crippen LogP contribution in [0.15, 0.2) is 12.2 Å². The van der Waals surface area contributed by atoms with Gasteiger partial charge in [-0.05, 0) is 57.9 Å². The van der Waals surface area contributed by atoms with E-state index in [1.165, 1.54) is 38.5 Å². The lowest BCUT2D eigenvalue weighted by atomic mass is 9.65. The van der Waals surface area contributed by atoms with Crippen LogP contribution in [0.25, 0.3) is 0 Å². The molecule has 0 bridgehead atoms. The number of rotatable bonds is 1. The molecule has 3 unspecified atom stereocenters. The van der Waals surface area contributed by atoms with Crippen LogP contribution in [0, 0.1) is 5.41 Å². The molecule has 2 heterocycles. The number of urea groups is 1. The predicted octanol–water partition coefficient (Wildman–Crippen LogP) is 2.32. The summed E-state index contributed by atoms with van der Waals surface area (Å²) >= 11 is 0. The normalized spacial score (nSPS) is 38.7. The Morgan fingerprint density at radius 2 is 2.00 bits per heavy atom. The maximum Gasteiger partial charge on any atom is 0.315 e. The molecule has 4 nitrogen and oxygen atoms in total. The summed E-state index contributed by atoms with van der Waals surface area (Å²) in [5.74, 6) is 0. The number of hydrogen-bond donors (Lipinski definition) is 3. The molecular formula is C16H27N3O. The molecule has 2 fully saturated rings. The molecule has 0 saturated carbocycles. The summed E-state index contributed by atoms with van der Waals surface area (Å²) in [7, 11) is 0. The molecule has 2 amide bonds. The van der Waals surface area contributed by atoms with Crippen molar-refractivity contribution < 1.29 is 4.79 Å². The Morgan fingerprint density at radius 1 is 1.10 bits per heavy atom. The van der Waals surface area contributed by atoms with Gasteiger partial charge in [0.15, 0.2) is 0 Å². The highest BCUT2D eigenvalue weighted by molar-refractivity contribution is 5.74. The van der Waals surface area contributed by atoms with Crippen LogP contribution in [-0.2, 0) is 0 Å². The number of amides is 2. The second-order valence-corrected chi connectivity index (χ2v) is 6.57. The summed E-state index contributed by atoms with van der Waals surface area (Å²) in [6.07, 6.45) is 14.5. The quantitative estimate of drug-likeness (QED) is 0.644. The van der Waals surface area contributed by atoms with E-state index in [1.807, 2.05) is 0 Å². The minimum atomic E-state index is 0.0111. The van der Waals surface area contributed by atoms with E-state index in [0.717, 1.165) is 25.9 Å². The van der Waals surface area contributed by atoms with Crippen LogP contribution in [0.3, 0.4) is 0 Å². The third-order valence-corrected chi connectivity index (χ3v) is 5.21. The first-order chi connectivity index (χ1) is 9.80. The molecule has 1 aliphatic carbocycles. The lowest BCUT2D eigenvalue weighted by Crippen LogP contribution is -2.62. The van der Waals surface area contributed by atoms with E-state index in [-0.39, 0.29) is 17.5 Å². The zero-order chi connectivity index (χ0) is 13.8. The van der Waals surface area contributed by atoms with Crippen LogP contribution in [0.5, 0.6) is 0 Å². The van der Waals surface area contributed by atoms with Crippen molar-refractivity contribution in [1.29, 1.82) is 0 Å². The number of carbonyl (C=O) groups excluding carboxylic acids is 1. The van der Waals surface area contributed by atoms with Crippen molar-refractivity contribution in [2.45, 2.75) is 63.5 Å². The summed E-state index contributed by atoms with van der Waals surface area (Å²) in [6.45, 7) is 1.89. The fourth-order valence-corrected chi connectivity index (χ4v) is 4.23. The molecular weight excluding hydrogens is 250 g/mol. The van der Waals surface area contributed by atoms with Gasteiger partial charge in [0.05, 0.1) is 0 Å². The van der Waals surface area contributed by atoms with Gasteiger partial charge in [0.2, 0.25) is 0 Å². The molecule has 20 heavy (non-hydrogen) atoms. The zero-order valence-electron chi connectivity index (χ0n) is 12.3. The Hall–Kier alpha value is -1.03. The standard InChI is InChI=1S/C16H27N3O/c20-15-18-11-5-2-7-13(19-15)14-16(10-6-12-17-14)8-3-1-4-9-16/h3,8,13-14,17H,1-2,4-7,9-12H2,(H2,18,19,20). The van der Waals surface area contributed by atoms with Gasteiger partial charge in [0.25, 0.3) is 0 Å². The number of hydrogen-bond acceptors (Lipinski definition) is 2. The SMILES string of the molecule is O=C1NCCCCC(C2NCCCC23C=CCCC3)N1. The van der Waals surface area contributed by atoms with Crippen molar-refractivity contribution in [3.05, 3.63) is 12.2 Å². The smallest absolute Gasteiger partial charge is 0.315 e. The molecule has 1 spiro atoms. The van der Waals surface area contributed by atoms with Crippen molar-refractivity contribution in [3.8, 4) is 0 Å². The third kappa shape index (κ3) is 2.85. The van der Waals surface area contributed by atoms with Crippen LogP contribution in [-0.4, -0.2) is 31.2 Å². The average Bonchev–Trinajstić information content (AvgIpc) is 2.44. The van der Waals surface area contributed by atoms with Gasteiger partial charge in [-0.15, -0.1) is 0 Å². The highest BCUT2D eigenvalue weighted by Gasteiger charge is 2.43. The topological polar surface area (TPSA) is 53.2 Å². The Bertz CT molecular complexity index is 382. The second-order valence-electron chi connectivity index (χ2n) is 6.57. The minimum Gasteiger partial charge on any atom is -0.338 e. The minimum absolute atomic E-state index is 0.0111. The van der Waals surface area contributed by atoms with Crippen molar-refractivity contribution >= 4 is 6.03 Å². The molecule has 0 aromatic rings. The van der Waals surface area contributed by atoms with Gasteiger partial charge < -0.3 is 16.0 Å². The maximum absolute atomic E-state index is 11.9. The summed E-state index contributed by atoms with van der Waals surface area (Å²) in [5, 5.41) is 9.89. The predicted molar refractivity (Wildman–Crippen MR) is 80.6 cm³/mol. The van der Waals surface area contributed by atoms with Gasteiger partial charge >= 0.3 is 6.03 Å². The van der Waals surface area contributed by atoms with Crippen molar-refractivity contribution in [3.63, 3.8) is 0 Å². The highest BCUT2D eigenvalue weighted by atomic mass is 16.2. The molecule has 3 atom stereocenters. The molecule has 2 saturated heterocycles. The zero-order valence-corrected chi connectivity index (χ0v) is 12.3. The summed E-state index contributed by atoms with van der Waals surface area (Å²) < 4.78 is 0. The molecule has 2 aliphatic heterocycles. The molecule has 0 radical (unpaired) electrons. The molecule has 3 aliphatic rings. The third-order valence-electron chi connectivity index (χ3n) is 5.21. The van der Waals surface area contributed by atoms with Crippen LogP contribution in [0.1, 0.15) is 51.4 Å². The molecule has 0 aromatic heterocycles. The maximum atomic E-state index is 11.9. The van der Waals surface area contributed by atoms with Crippen LogP contribution < -0.4 is 16.0 Å². The first-order valence-electron chi connectivity index (χ1n) is 8.26. The van der Waals surface area contributed by atoms with Crippen molar-refractivity contribution in [2.75, 3.05) is 13.1 Å². The van der Waals surface area contributed by atoms with E-state index in [9.17, 15) is 4.79 Å². The van der Waals surface area contributed by atoms with Gasteiger partial charge in [-0.1, -0.05) is 12.2 Å². The summed E-state index contributed by atoms with van der Waals surface area (Å²) in [4.78, 5) is 11.9. The van der Waals surface area contributed by atoms with Crippen LogP contribution in [0.2, 0.25) is 0 Å². The Morgan fingerprint density at radius 3 is 2.85 bits per heavy atom. The number of allylic oxidation sites excluding steroid dienone is 1. The lowest BCUT2D eigenvalue weighted by Gasteiger charge is -2.48. The van der Waals surface area contributed by atoms with Crippen LogP contribution in [0.4, 0.5) is 4.79 Å². The van der Waals surface area contributed by atoms with E-state index >= 15 is 0 Å². The van der Waals surface area contributed by atoms with E-state index in [1.54, 1.807) is 0 Å². The fourth-order valence-electron chi connectivity index (χ4n) is 4.23. The van der Waals surface area contributed by atoms with Gasteiger partial charge in [-0.3, -0.25) is 0 Å². The molecule has 3 rings (SSSR count). The number of nitrogens with one attached hydrogen (secondary N) is 3. The molecule has 0 aromatic carbocycles.